The monoisotopic (exact) mass is 191 g/mol. The molecule has 14 heavy (non-hydrogen) atoms. The third-order valence-electron chi connectivity index (χ3n) is 2.17. The molecule has 0 saturated heterocycles. The van der Waals surface area contributed by atoms with E-state index < -0.39 is 5.41 Å². The molecule has 0 unspecified atom stereocenters. The van der Waals surface area contributed by atoms with Crippen LogP contribution in [0.2, 0.25) is 0 Å². The van der Waals surface area contributed by atoms with Gasteiger partial charge in [-0.25, -0.2) is 0 Å². The number of rotatable bonds is 3. The summed E-state index contributed by atoms with van der Waals surface area (Å²) in [6, 6.07) is 4.22. The lowest BCUT2D eigenvalue weighted by Gasteiger charge is -2.18. The average Bonchev–Trinajstić information content (AvgIpc) is 2.52. The molecule has 0 aliphatic carbocycles. The van der Waals surface area contributed by atoms with Gasteiger partial charge in [0.2, 0.25) is 0 Å². The van der Waals surface area contributed by atoms with E-state index in [1.54, 1.807) is 6.20 Å². The maximum Gasteiger partial charge on any atom is 0.0934 e. The smallest absolute Gasteiger partial charge is 0.0934 e. The molecule has 0 spiro atoms. The zero-order valence-electron chi connectivity index (χ0n) is 9.28. The quantitative estimate of drug-likeness (QED) is 0.735. The van der Waals surface area contributed by atoms with Crippen molar-refractivity contribution in [1.82, 2.24) is 9.78 Å². The molecular formula is C11H17N3. The van der Waals surface area contributed by atoms with Gasteiger partial charge in [0.15, 0.2) is 0 Å². The summed E-state index contributed by atoms with van der Waals surface area (Å²) < 4.78 is 1.92. The number of hydrogen-bond acceptors (Lipinski definition) is 2. The molecule has 0 atom stereocenters. The normalized spacial score (nSPS) is 11.7. The van der Waals surface area contributed by atoms with Gasteiger partial charge in [-0.3, -0.25) is 4.68 Å². The second-order valence-corrected chi connectivity index (χ2v) is 4.53. The Morgan fingerprint density at radius 3 is 2.71 bits per heavy atom. The lowest BCUT2D eigenvalue weighted by molar-refractivity contribution is 0.446. The second-order valence-electron chi connectivity index (χ2n) is 4.53. The van der Waals surface area contributed by atoms with Gasteiger partial charge in [-0.1, -0.05) is 13.8 Å². The molecule has 0 amide bonds. The lowest BCUT2D eigenvalue weighted by Crippen LogP contribution is -2.21. The third kappa shape index (κ3) is 2.14. The molecule has 1 aromatic rings. The second kappa shape index (κ2) is 3.83. The Hall–Kier alpha value is -1.30. The van der Waals surface area contributed by atoms with Crippen molar-refractivity contribution in [2.45, 2.75) is 39.7 Å². The van der Waals surface area contributed by atoms with E-state index in [-0.39, 0.29) is 0 Å². The fourth-order valence-corrected chi connectivity index (χ4v) is 1.41. The fraction of sp³-hybridized carbons (Fsp3) is 0.636. The average molecular weight is 191 g/mol. The van der Waals surface area contributed by atoms with Gasteiger partial charge in [-0.05, 0) is 25.8 Å². The molecule has 0 aromatic carbocycles. The van der Waals surface area contributed by atoms with E-state index in [0.29, 0.717) is 5.92 Å². The van der Waals surface area contributed by atoms with E-state index in [9.17, 15) is 0 Å². The molecular weight excluding hydrogens is 174 g/mol. The molecule has 76 valence electrons. The first-order chi connectivity index (χ1) is 6.47. The highest BCUT2D eigenvalue weighted by atomic mass is 15.3. The Morgan fingerprint density at radius 1 is 1.57 bits per heavy atom. The van der Waals surface area contributed by atoms with E-state index in [4.69, 9.17) is 5.26 Å². The van der Waals surface area contributed by atoms with Crippen molar-refractivity contribution in [2.75, 3.05) is 0 Å². The lowest BCUT2D eigenvalue weighted by atomic mass is 9.91. The molecule has 0 saturated carbocycles. The van der Waals surface area contributed by atoms with Crippen LogP contribution in [0.3, 0.4) is 0 Å². The van der Waals surface area contributed by atoms with Crippen LogP contribution in [0.15, 0.2) is 12.3 Å². The van der Waals surface area contributed by atoms with E-state index >= 15 is 0 Å². The van der Waals surface area contributed by atoms with E-state index in [2.05, 4.69) is 25.0 Å². The van der Waals surface area contributed by atoms with Crippen molar-refractivity contribution in [3.05, 3.63) is 18.0 Å². The first kappa shape index (κ1) is 10.8. The maximum absolute atomic E-state index is 9.03. The van der Waals surface area contributed by atoms with Crippen LogP contribution in [0.5, 0.6) is 0 Å². The summed E-state index contributed by atoms with van der Waals surface area (Å²) in [4.78, 5) is 0. The Labute approximate surface area is 85.4 Å². The molecule has 1 rings (SSSR count). The SMILES string of the molecule is CC(C)Cn1nccc1C(C)(C)C#N. The third-order valence-corrected chi connectivity index (χ3v) is 2.17. The molecule has 3 heteroatoms. The van der Waals surface area contributed by atoms with Gasteiger partial charge >= 0.3 is 0 Å². The molecule has 1 heterocycles. The summed E-state index contributed by atoms with van der Waals surface area (Å²) in [7, 11) is 0. The van der Waals surface area contributed by atoms with Crippen LogP contribution in [0.4, 0.5) is 0 Å². The van der Waals surface area contributed by atoms with E-state index in [1.807, 2.05) is 24.6 Å². The Kier molecular flexibility index (Phi) is 2.95. The van der Waals surface area contributed by atoms with Crippen LogP contribution in [0, 0.1) is 17.2 Å². The van der Waals surface area contributed by atoms with Crippen molar-refractivity contribution in [3.63, 3.8) is 0 Å². The van der Waals surface area contributed by atoms with Crippen LogP contribution in [-0.2, 0) is 12.0 Å². The van der Waals surface area contributed by atoms with E-state index in [0.717, 1.165) is 12.2 Å². The van der Waals surface area contributed by atoms with Crippen molar-refractivity contribution in [2.24, 2.45) is 5.92 Å². The molecule has 3 nitrogen and oxygen atoms in total. The molecule has 0 N–H and O–H groups in total. The Morgan fingerprint density at radius 2 is 2.21 bits per heavy atom. The van der Waals surface area contributed by atoms with Gasteiger partial charge in [0.1, 0.15) is 0 Å². The number of hydrogen-bond donors (Lipinski definition) is 0. The number of aromatic nitrogens is 2. The van der Waals surface area contributed by atoms with Crippen LogP contribution in [0.25, 0.3) is 0 Å². The summed E-state index contributed by atoms with van der Waals surface area (Å²) in [5.74, 6) is 0.545. The topological polar surface area (TPSA) is 41.6 Å². The van der Waals surface area contributed by atoms with Crippen molar-refractivity contribution >= 4 is 0 Å². The summed E-state index contributed by atoms with van der Waals surface area (Å²) >= 11 is 0. The van der Waals surface area contributed by atoms with Crippen LogP contribution in [-0.4, -0.2) is 9.78 Å². The highest BCUT2D eigenvalue weighted by Crippen LogP contribution is 2.22. The van der Waals surface area contributed by atoms with Gasteiger partial charge in [0.25, 0.3) is 0 Å². The van der Waals surface area contributed by atoms with Crippen LogP contribution >= 0.6 is 0 Å². The molecule has 0 aliphatic heterocycles. The number of nitrogens with zero attached hydrogens (tertiary/aromatic N) is 3. The standard InChI is InChI=1S/C11H17N3/c1-9(2)7-14-10(5-6-13-14)11(3,4)8-12/h5-6,9H,7H2,1-4H3. The maximum atomic E-state index is 9.03. The summed E-state index contributed by atoms with van der Waals surface area (Å²) in [6.45, 7) is 8.99. The number of nitriles is 1. The minimum absolute atomic E-state index is 0.453. The van der Waals surface area contributed by atoms with Gasteiger partial charge in [0, 0.05) is 12.7 Å². The molecule has 0 radical (unpaired) electrons. The predicted molar refractivity (Wildman–Crippen MR) is 55.7 cm³/mol. The van der Waals surface area contributed by atoms with Crippen LogP contribution in [0.1, 0.15) is 33.4 Å². The van der Waals surface area contributed by atoms with Crippen molar-refractivity contribution < 1.29 is 0 Å². The van der Waals surface area contributed by atoms with Gasteiger partial charge < -0.3 is 0 Å². The minimum Gasteiger partial charge on any atom is -0.268 e. The highest BCUT2D eigenvalue weighted by molar-refractivity contribution is 5.22. The fourth-order valence-electron chi connectivity index (χ4n) is 1.41. The molecule has 0 fully saturated rings. The molecule has 1 aromatic heterocycles. The first-order valence-corrected chi connectivity index (χ1v) is 4.91. The van der Waals surface area contributed by atoms with Crippen LogP contribution < -0.4 is 0 Å². The Balaban J connectivity index is 3.00. The zero-order valence-corrected chi connectivity index (χ0v) is 9.28. The van der Waals surface area contributed by atoms with Crippen molar-refractivity contribution in [1.29, 1.82) is 5.26 Å². The predicted octanol–water partition coefficient (Wildman–Crippen LogP) is 2.34. The van der Waals surface area contributed by atoms with Gasteiger partial charge in [-0.15, -0.1) is 0 Å². The van der Waals surface area contributed by atoms with Gasteiger partial charge in [0.05, 0.1) is 17.2 Å². The minimum atomic E-state index is -0.453. The summed E-state index contributed by atoms with van der Waals surface area (Å²) in [6.07, 6.45) is 1.76. The highest BCUT2D eigenvalue weighted by Gasteiger charge is 2.24. The van der Waals surface area contributed by atoms with Gasteiger partial charge in [-0.2, -0.15) is 10.4 Å². The largest absolute Gasteiger partial charge is 0.268 e. The first-order valence-electron chi connectivity index (χ1n) is 4.91. The van der Waals surface area contributed by atoms with Crippen molar-refractivity contribution in [3.8, 4) is 6.07 Å². The molecule has 0 aliphatic rings. The molecule has 0 bridgehead atoms. The zero-order chi connectivity index (χ0) is 10.8. The Bertz CT molecular complexity index is 342. The summed E-state index contributed by atoms with van der Waals surface area (Å²) in [5, 5.41) is 13.3. The summed E-state index contributed by atoms with van der Waals surface area (Å²) in [5.41, 5.74) is 0.541. The van der Waals surface area contributed by atoms with E-state index in [1.165, 1.54) is 0 Å².